The Morgan fingerprint density at radius 2 is 2.33 bits per heavy atom. The van der Waals surface area contributed by atoms with Crippen molar-refractivity contribution in [3.63, 3.8) is 0 Å². The zero-order chi connectivity index (χ0) is 13.1. The second-order valence-electron chi connectivity index (χ2n) is 4.02. The quantitative estimate of drug-likeness (QED) is 0.890. The highest BCUT2D eigenvalue weighted by Gasteiger charge is 2.09. The minimum Gasteiger partial charge on any atom is -0.494 e. The van der Waals surface area contributed by atoms with Gasteiger partial charge in [0.1, 0.15) is 11.3 Å². The van der Waals surface area contributed by atoms with Gasteiger partial charge >= 0.3 is 0 Å². The third-order valence-corrected chi connectivity index (χ3v) is 3.59. The number of allylic oxidation sites excluding steroid dienone is 2. The molecule has 0 saturated carbocycles. The van der Waals surface area contributed by atoms with Gasteiger partial charge in [0.2, 0.25) is 0 Å². The van der Waals surface area contributed by atoms with E-state index < -0.39 is 0 Å². The monoisotopic (exact) mass is 263 g/mol. The van der Waals surface area contributed by atoms with Crippen LogP contribution in [0.1, 0.15) is 19.4 Å². The van der Waals surface area contributed by atoms with E-state index in [1.165, 1.54) is 11.3 Å². The molecule has 0 aliphatic heterocycles. The summed E-state index contributed by atoms with van der Waals surface area (Å²) in [5.41, 5.74) is 8.88. The van der Waals surface area contributed by atoms with Gasteiger partial charge in [0, 0.05) is 12.2 Å². The van der Waals surface area contributed by atoms with Crippen LogP contribution in [0, 0.1) is 0 Å². The fourth-order valence-corrected chi connectivity index (χ4v) is 2.49. The first-order valence-corrected chi connectivity index (χ1v) is 6.55. The molecule has 0 amide bonds. The average Bonchev–Trinajstić information content (AvgIpc) is 2.74. The van der Waals surface area contributed by atoms with E-state index in [2.05, 4.69) is 16.4 Å². The van der Waals surface area contributed by atoms with Gasteiger partial charge in [0.05, 0.1) is 11.8 Å². The van der Waals surface area contributed by atoms with Crippen LogP contribution in [0.2, 0.25) is 0 Å². The summed E-state index contributed by atoms with van der Waals surface area (Å²) in [6.07, 6.45) is 2.04. The van der Waals surface area contributed by atoms with E-state index in [1.807, 2.05) is 26.0 Å². The molecule has 2 rings (SSSR count). The third kappa shape index (κ3) is 2.56. The highest BCUT2D eigenvalue weighted by atomic mass is 32.1. The van der Waals surface area contributed by atoms with Crippen LogP contribution >= 0.6 is 11.3 Å². The molecule has 0 bridgehead atoms. The molecule has 1 aromatic heterocycles. The van der Waals surface area contributed by atoms with E-state index in [0.29, 0.717) is 5.13 Å². The summed E-state index contributed by atoms with van der Waals surface area (Å²) in [7, 11) is 1.65. The third-order valence-electron chi connectivity index (χ3n) is 2.76. The minimum atomic E-state index is 0.568. The lowest BCUT2D eigenvalue weighted by molar-refractivity contribution is 0.418. The van der Waals surface area contributed by atoms with E-state index in [0.717, 1.165) is 33.8 Å². The summed E-state index contributed by atoms with van der Waals surface area (Å²) in [5, 5.41) is 3.90. The van der Waals surface area contributed by atoms with Crippen LogP contribution in [0.25, 0.3) is 10.2 Å². The zero-order valence-electron chi connectivity index (χ0n) is 10.8. The van der Waals surface area contributed by atoms with Crippen molar-refractivity contribution in [2.24, 2.45) is 0 Å². The number of hydrogen-bond donors (Lipinski definition) is 2. The summed E-state index contributed by atoms with van der Waals surface area (Å²) in [6, 6.07) is 4.10. The molecule has 5 heteroatoms. The van der Waals surface area contributed by atoms with Gasteiger partial charge in [-0.1, -0.05) is 17.4 Å². The van der Waals surface area contributed by atoms with Crippen molar-refractivity contribution in [3.8, 4) is 5.75 Å². The molecule has 0 aliphatic carbocycles. The minimum absolute atomic E-state index is 0.568. The lowest BCUT2D eigenvalue weighted by atomic mass is 10.2. The molecule has 1 heterocycles. The second kappa shape index (κ2) is 5.27. The topological polar surface area (TPSA) is 60.2 Å². The number of fused-ring (bicyclic) bond motifs is 1. The van der Waals surface area contributed by atoms with Gasteiger partial charge < -0.3 is 15.8 Å². The number of thiazole rings is 1. The van der Waals surface area contributed by atoms with Crippen molar-refractivity contribution in [2.45, 2.75) is 20.4 Å². The van der Waals surface area contributed by atoms with Crippen LogP contribution < -0.4 is 15.8 Å². The van der Waals surface area contributed by atoms with Crippen molar-refractivity contribution in [2.75, 3.05) is 12.8 Å². The van der Waals surface area contributed by atoms with E-state index in [1.54, 1.807) is 7.11 Å². The Bertz CT molecular complexity index is 589. The molecule has 0 spiro atoms. The van der Waals surface area contributed by atoms with Crippen LogP contribution in [-0.2, 0) is 6.54 Å². The normalized spacial score (nSPS) is 11.8. The predicted molar refractivity (Wildman–Crippen MR) is 76.9 cm³/mol. The van der Waals surface area contributed by atoms with Gasteiger partial charge in [-0.15, -0.1) is 0 Å². The van der Waals surface area contributed by atoms with Gasteiger partial charge in [-0.3, -0.25) is 0 Å². The lowest BCUT2D eigenvalue weighted by Gasteiger charge is -2.08. The highest BCUT2D eigenvalue weighted by Crippen LogP contribution is 2.32. The predicted octanol–water partition coefficient (Wildman–Crippen LogP) is 2.90. The zero-order valence-corrected chi connectivity index (χ0v) is 11.6. The Labute approximate surface area is 110 Å². The molecule has 0 unspecified atom stereocenters. The maximum atomic E-state index is 5.74. The molecule has 0 saturated heterocycles. The van der Waals surface area contributed by atoms with Crippen molar-refractivity contribution in [1.82, 2.24) is 10.3 Å². The molecule has 3 N–H and O–H groups in total. The van der Waals surface area contributed by atoms with Crippen molar-refractivity contribution >= 4 is 26.7 Å². The smallest absolute Gasteiger partial charge is 0.181 e. The summed E-state index contributed by atoms with van der Waals surface area (Å²) in [5.74, 6) is 0.774. The van der Waals surface area contributed by atoms with Gasteiger partial charge in [-0.2, -0.15) is 0 Å². The molecule has 1 aromatic carbocycles. The van der Waals surface area contributed by atoms with Crippen LogP contribution in [-0.4, -0.2) is 12.1 Å². The molecule has 4 nitrogen and oxygen atoms in total. The first-order chi connectivity index (χ1) is 8.63. The Morgan fingerprint density at radius 1 is 1.56 bits per heavy atom. The largest absolute Gasteiger partial charge is 0.494 e. The molecule has 0 atom stereocenters. The molecular weight excluding hydrogens is 246 g/mol. The van der Waals surface area contributed by atoms with Crippen LogP contribution in [0.15, 0.2) is 23.9 Å². The Morgan fingerprint density at radius 3 is 3.00 bits per heavy atom. The fourth-order valence-electron chi connectivity index (χ4n) is 1.67. The summed E-state index contributed by atoms with van der Waals surface area (Å²) in [6.45, 7) is 4.82. The molecule has 0 radical (unpaired) electrons. The molecule has 18 heavy (non-hydrogen) atoms. The number of nitrogens with zero attached hydrogens (tertiary/aromatic N) is 1. The van der Waals surface area contributed by atoms with Gasteiger partial charge in [-0.25, -0.2) is 4.98 Å². The van der Waals surface area contributed by atoms with E-state index in [4.69, 9.17) is 10.5 Å². The average molecular weight is 263 g/mol. The van der Waals surface area contributed by atoms with E-state index in [-0.39, 0.29) is 0 Å². The van der Waals surface area contributed by atoms with Crippen LogP contribution in [0.5, 0.6) is 5.75 Å². The summed E-state index contributed by atoms with van der Waals surface area (Å²) in [4.78, 5) is 4.28. The molecule has 2 aromatic rings. The van der Waals surface area contributed by atoms with Crippen molar-refractivity contribution < 1.29 is 4.74 Å². The number of nitrogen functional groups attached to an aromatic ring is 1. The standard InChI is InChI=1S/C13H17N3OS/c1-4-8(2)15-7-9-5-10(17-3)12-11(6-9)18-13(14)16-12/h4-6,15H,7H2,1-3H3,(H2,14,16)/b8-4+. The summed E-state index contributed by atoms with van der Waals surface area (Å²) < 4.78 is 6.42. The number of rotatable bonds is 4. The first kappa shape index (κ1) is 12.7. The Kier molecular flexibility index (Phi) is 3.72. The highest BCUT2D eigenvalue weighted by molar-refractivity contribution is 7.22. The van der Waals surface area contributed by atoms with E-state index >= 15 is 0 Å². The number of anilines is 1. The van der Waals surface area contributed by atoms with Gasteiger partial charge in [0.25, 0.3) is 0 Å². The molecule has 96 valence electrons. The maximum absolute atomic E-state index is 5.74. The number of nitrogens with two attached hydrogens (primary N) is 1. The van der Waals surface area contributed by atoms with Crippen LogP contribution in [0.3, 0.4) is 0 Å². The number of aromatic nitrogens is 1. The Balaban J connectivity index is 2.34. The molecular formula is C13H17N3OS. The number of ether oxygens (including phenoxy) is 1. The lowest BCUT2D eigenvalue weighted by Crippen LogP contribution is -2.10. The molecule has 0 aliphatic rings. The van der Waals surface area contributed by atoms with Gasteiger partial charge in [-0.05, 0) is 31.5 Å². The number of hydrogen-bond acceptors (Lipinski definition) is 5. The van der Waals surface area contributed by atoms with Crippen molar-refractivity contribution in [1.29, 1.82) is 0 Å². The second-order valence-corrected chi connectivity index (χ2v) is 5.08. The number of benzene rings is 1. The first-order valence-electron chi connectivity index (χ1n) is 5.73. The van der Waals surface area contributed by atoms with E-state index in [9.17, 15) is 0 Å². The fraction of sp³-hybridized carbons (Fsp3) is 0.308. The molecule has 0 fully saturated rings. The van der Waals surface area contributed by atoms with Crippen LogP contribution in [0.4, 0.5) is 5.13 Å². The number of methoxy groups -OCH3 is 1. The summed E-state index contributed by atoms with van der Waals surface area (Å²) >= 11 is 1.48. The number of nitrogens with one attached hydrogen (secondary N) is 1. The SMILES string of the molecule is C/C=C(\C)NCc1cc(OC)c2nc(N)sc2c1. The Hall–Kier alpha value is -1.75. The van der Waals surface area contributed by atoms with Crippen molar-refractivity contribution in [3.05, 3.63) is 29.5 Å². The van der Waals surface area contributed by atoms with Gasteiger partial charge in [0.15, 0.2) is 5.13 Å². The maximum Gasteiger partial charge on any atom is 0.181 e.